The number of nitrogens with zero attached hydrogens (tertiary/aromatic N) is 2. The molecule has 0 unspecified atom stereocenters. The number of amides is 1. The van der Waals surface area contributed by atoms with E-state index in [4.69, 9.17) is 17.0 Å². The van der Waals surface area contributed by atoms with Crippen LogP contribution in [0, 0.1) is 13.8 Å². The molecule has 0 saturated carbocycles. The molecule has 0 bridgehead atoms. The number of anilines is 1. The van der Waals surface area contributed by atoms with Gasteiger partial charge in [0.25, 0.3) is 5.91 Å². The number of hydrogen-bond donors (Lipinski definition) is 0. The first-order valence-corrected chi connectivity index (χ1v) is 11.1. The molecule has 31 heavy (non-hydrogen) atoms. The van der Waals surface area contributed by atoms with E-state index in [0.29, 0.717) is 15.8 Å². The fourth-order valence-corrected chi connectivity index (χ4v) is 4.88. The maximum atomic E-state index is 13.0. The number of rotatable bonds is 6. The Morgan fingerprint density at radius 3 is 2.45 bits per heavy atom. The Morgan fingerprint density at radius 1 is 1.06 bits per heavy atom. The van der Waals surface area contributed by atoms with Crippen LogP contribution in [-0.4, -0.2) is 21.4 Å². The van der Waals surface area contributed by atoms with E-state index >= 15 is 0 Å². The van der Waals surface area contributed by atoms with Gasteiger partial charge in [0.15, 0.2) is 4.32 Å². The zero-order valence-corrected chi connectivity index (χ0v) is 19.0. The van der Waals surface area contributed by atoms with Gasteiger partial charge in [-0.15, -0.1) is 0 Å². The first-order chi connectivity index (χ1) is 15.0. The summed E-state index contributed by atoms with van der Waals surface area (Å²) in [6.07, 6.45) is 3.66. The third-order valence-electron chi connectivity index (χ3n) is 5.03. The number of hydrogen-bond acceptors (Lipinski definition) is 4. The van der Waals surface area contributed by atoms with E-state index in [0.717, 1.165) is 34.1 Å². The quantitative estimate of drug-likeness (QED) is 0.262. The van der Waals surface area contributed by atoms with Crippen LogP contribution in [-0.2, 0) is 4.79 Å². The molecule has 0 radical (unpaired) electrons. The van der Waals surface area contributed by atoms with Crippen LogP contribution < -0.4 is 9.64 Å². The smallest absolute Gasteiger partial charge is 0.270 e. The summed E-state index contributed by atoms with van der Waals surface area (Å²) in [4.78, 5) is 15.3. The number of ether oxygens (including phenoxy) is 1. The van der Waals surface area contributed by atoms with E-state index in [1.165, 1.54) is 11.8 Å². The average Bonchev–Trinajstić information content (AvgIpc) is 3.21. The molecule has 1 aliphatic heterocycles. The fraction of sp³-hybridized carbons (Fsp3) is 0.120. The second-order valence-corrected chi connectivity index (χ2v) is 8.78. The van der Waals surface area contributed by atoms with Gasteiger partial charge in [-0.3, -0.25) is 9.69 Å². The van der Waals surface area contributed by atoms with Gasteiger partial charge in [-0.1, -0.05) is 54.8 Å². The van der Waals surface area contributed by atoms with Crippen LogP contribution in [0.5, 0.6) is 5.75 Å². The Kier molecular flexibility index (Phi) is 6.11. The molecule has 4 nitrogen and oxygen atoms in total. The lowest BCUT2D eigenvalue weighted by Crippen LogP contribution is -2.27. The normalized spacial score (nSPS) is 15.0. The maximum absolute atomic E-state index is 13.0. The van der Waals surface area contributed by atoms with Gasteiger partial charge in [0.2, 0.25) is 0 Å². The van der Waals surface area contributed by atoms with E-state index in [9.17, 15) is 4.79 Å². The van der Waals surface area contributed by atoms with Gasteiger partial charge < -0.3 is 9.30 Å². The molecule has 4 rings (SSSR count). The van der Waals surface area contributed by atoms with Crippen molar-refractivity contribution in [2.75, 3.05) is 11.5 Å². The lowest BCUT2D eigenvalue weighted by Gasteiger charge is -2.13. The maximum Gasteiger partial charge on any atom is 0.270 e. The van der Waals surface area contributed by atoms with Crippen LogP contribution in [0.25, 0.3) is 11.8 Å². The van der Waals surface area contributed by atoms with Crippen LogP contribution in [0.15, 0.2) is 78.2 Å². The molecule has 1 saturated heterocycles. The van der Waals surface area contributed by atoms with Crippen molar-refractivity contribution in [1.29, 1.82) is 0 Å². The number of thiocarbonyl (C=S) groups is 1. The zero-order valence-electron chi connectivity index (χ0n) is 17.4. The number of aromatic nitrogens is 1. The first-order valence-electron chi connectivity index (χ1n) is 9.85. The molecule has 1 aliphatic rings. The van der Waals surface area contributed by atoms with Crippen molar-refractivity contribution in [3.8, 4) is 11.4 Å². The second kappa shape index (κ2) is 8.96. The molecule has 0 spiro atoms. The predicted octanol–water partition coefficient (Wildman–Crippen LogP) is 6.06. The molecule has 2 heterocycles. The van der Waals surface area contributed by atoms with E-state index < -0.39 is 0 Å². The van der Waals surface area contributed by atoms with Crippen molar-refractivity contribution in [2.24, 2.45) is 0 Å². The van der Waals surface area contributed by atoms with Gasteiger partial charge in [0, 0.05) is 17.1 Å². The van der Waals surface area contributed by atoms with Gasteiger partial charge in [-0.25, -0.2) is 0 Å². The van der Waals surface area contributed by atoms with E-state index in [1.807, 2.05) is 60.7 Å². The third kappa shape index (κ3) is 4.22. The molecule has 2 aromatic carbocycles. The Labute approximate surface area is 191 Å². The molecule has 6 heteroatoms. The highest BCUT2D eigenvalue weighted by Crippen LogP contribution is 2.36. The SMILES string of the molecule is C=CCOc1ccc(-n2c(C)cc(/C=C3/SC(=S)N(c4ccccc4)C3=O)c2C)cc1. The van der Waals surface area contributed by atoms with Crippen molar-refractivity contribution in [2.45, 2.75) is 13.8 Å². The van der Waals surface area contributed by atoms with Gasteiger partial charge in [-0.2, -0.15) is 0 Å². The average molecular weight is 447 g/mol. The topological polar surface area (TPSA) is 34.5 Å². The highest BCUT2D eigenvalue weighted by molar-refractivity contribution is 8.27. The van der Waals surface area contributed by atoms with E-state index in [2.05, 4.69) is 31.1 Å². The number of para-hydroxylation sites is 1. The summed E-state index contributed by atoms with van der Waals surface area (Å²) in [5.41, 5.74) is 4.97. The molecule has 0 atom stereocenters. The van der Waals surface area contributed by atoms with Gasteiger partial charge in [0.05, 0.1) is 10.6 Å². The summed E-state index contributed by atoms with van der Waals surface area (Å²) in [5, 5.41) is 0. The van der Waals surface area contributed by atoms with Crippen molar-refractivity contribution in [3.05, 3.63) is 95.2 Å². The minimum Gasteiger partial charge on any atom is -0.490 e. The summed E-state index contributed by atoms with van der Waals surface area (Å²) in [5.74, 6) is 0.714. The van der Waals surface area contributed by atoms with Crippen molar-refractivity contribution < 1.29 is 9.53 Å². The Bertz CT molecular complexity index is 1180. The number of carbonyl (C=O) groups is 1. The molecule has 1 fully saturated rings. The minimum absolute atomic E-state index is 0.0882. The van der Waals surface area contributed by atoms with Gasteiger partial charge in [0.1, 0.15) is 12.4 Å². The number of carbonyl (C=O) groups excluding carboxylic acids is 1. The Hall–Kier alpha value is -3.09. The van der Waals surface area contributed by atoms with Crippen molar-refractivity contribution in [1.82, 2.24) is 4.57 Å². The highest BCUT2D eigenvalue weighted by atomic mass is 32.2. The third-order valence-corrected chi connectivity index (χ3v) is 6.33. The van der Waals surface area contributed by atoms with Crippen LogP contribution in [0.2, 0.25) is 0 Å². The van der Waals surface area contributed by atoms with Crippen LogP contribution in [0.4, 0.5) is 5.69 Å². The summed E-state index contributed by atoms with van der Waals surface area (Å²) < 4.78 is 8.29. The highest BCUT2D eigenvalue weighted by Gasteiger charge is 2.33. The lowest BCUT2D eigenvalue weighted by molar-refractivity contribution is -0.113. The molecular weight excluding hydrogens is 424 g/mol. The van der Waals surface area contributed by atoms with E-state index in [1.54, 1.807) is 11.0 Å². The number of aryl methyl sites for hydroxylation is 1. The molecule has 1 aromatic heterocycles. The Morgan fingerprint density at radius 2 is 1.77 bits per heavy atom. The first kappa shape index (κ1) is 21.2. The van der Waals surface area contributed by atoms with Gasteiger partial charge >= 0.3 is 0 Å². The summed E-state index contributed by atoms with van der Waals surface area (Å²) in [6, 6.07) is 19.5. The van der Waals surface area contributed by atoms with Crippen LogP contribution >= 0.6 is 24.0 Å². The molecule has 156 valence electrons. The number of benzene rings is 2. The predicted molar refractivity (Wildman–Crippen MR) is 133 cm³/mol. The van der Waals surface area contributed by atoms with E-state index in [-0.39, 0.29) is 5.91 Å². The molecule has 3 aromatic rings. The lowest BCUT2D eigenvalue weighted by atomic mass is 10.2. The van der Waals surface area contributed by atoms with Crippen LogP contribution in [0.1, 0.15) is 17.0 Å². The van der Waals surface area contributed by atoms with Crippen LogP contribution in [0.3, 0.4) is 0 Å². The largest absolute Gasteiger partial charge is 0.490 e. The second-order valence-electron chi connectivity index (χ2n) is 7.11. The summed E-state index contributed by atoms with van der Waals surface area (Å²) in [7, 11) is 0. The molecule has 1 amide bonds. The summed E-state index contributed by atoms with van der Waals surface area (Å²) >= 11 is 6.82. The Balaban J connectivity index is 1.63. The molecule has 0 N–H and O–H groups in total. The van der Waals surface area contributed by atoms with Crippen molar-refractivity contribution >= 4 is 46.0 Å². The van der Waals surface area contributed by atoms with Gasteiger partial charge in [-0.05, 0) is 68.0 Å². The van der Waals surface area contributed by atoms with Crippen molar-refractivity contribution in [3.63, 3.8) is 0 Å². The zero-order chi connectivity index (χ0) is 22.0. The molecular formula is C25H22N2O2S2. The molecule has 0 aliphatic carbocycles. The standard InChI is InChI=1S/C25H22N2O2S2/c1-4-14-29-22-12-10-21(11-13-22)26-17(2)15-19(18(26)3)16-23-24(28)27(25(30)31-23)20-8-6-5-7-9-20/h4-13,15-16H,1,14H2,2-3H3/b23-16+. The minimum atomic E-state index is -0.0882. The number of thioether (sulfide) groups is 1. The fourth-order valence-electron chi connectivity index (χ4n) is 3.59. The monoisotopic (exact) mass is 446 g/mol. The summed E-state index contributed by atoms with van der Waals surface area (Å²) in [6.45, 7) is 8.26.